The Balaban J connectivity index is 3.79. The van der Waals surface area contributed by atoms with E-state index < -0.39 is 0 Å². The maximum absolute atomic E-state index is 2.34. The summed E-state index contributed by atoms with van der Waals surface area (Å²) in [7, 11) is 0. The second-order valence-corrected chi connectivity index (χ2v) is 3.09. The van der Waals surface area contributed by atoms with Crippen LogP contribution in [0.2, 0.25) is 0 Å². The van der Waals surface area contributed by atoms with Crippen LogP contribution in [0.15, 0.2) is 23.3 Å². The molecule has 0 atom stereocenters. The third-order valence-electron chi connectivity index (χ3n) is 1.84. The van der Waals surface area contributed by atoms with E-state index in [0.29, 0.717) is 0 Å². The first-order chi connectivity index (χ1) is 5.20. The van der Waals surface area contributed by atoms with Crippen molar-refractivity contribution in [3.63, 3.8) is 0 Å². The van der Waals surface area contributed by atoms with Crippen LogP contribution in [-0.4, -0.2) is 0 Å². The minimum absolute atomic E-state index is 1.11. The van der Waals surface area contributed by atoms with Crippen molar-refractivity contribution in [1.82, 2.24) is 0 Å². The fourth-order valence-electron chi connectivity index (χ4n) is 1.000. The molecule has 0 heteroatoms. The Morgan fingerprint density at radius 1 is 1.00 bits per heavy atom. The smallest absolute Gasteiger partial charge is 0.0164 e. The van der Waals surface area contributed by atoms with Crippen LogP contribution < -0.4 is 0 Å². The van der Waals surface area contributed by atoms with Crippen molar-refractivity contribution in [3.05, 3.63) is 23.3 Å². The van der Waals surface area contributed by atoms with Gasteiger partial charge in [-0.05, 0) is 33.1 Å². The second-order valence-electron chi connectivity index (χ2n) is 3.09. The summed E-state index contributed by atoms with van der Waals surface area (Å²) in [6.45, 7) is 8.73. The van der Waals surface area contributed by atoms with Crippen LogP contribution in [0.25, 0.3) is 0 Å². The van der Waals surface area contributed by atoms with Crippen LogP contribution in [0.3, 0.4) is 0 Å². The SMILES string of the molecule is CCC(=CCC=C(C)C)CC. The molecule has 0 spiro atoms. The van der Waals surface area contributed by atoms with E-state index in [9.17, 15) is 0 Å². The molecule has 0 fully saturated rings. The summed E-state index contributed by atoms with van der Waals surface area (Å²) in [4.78, 5) is 0. The predicted octanol–water partition coefficient (Wildman–Crippen LogP) is 4.09. The molecule has 0 aromatic heterocycles. The largest absolute Gasteiger partial charge is 0.0821 e. The lowest BCUT2D eigenvalue weighted by molar-refractivity contribution is 0.963. The van der Waals surface area contributed by atoms with Crippen LogP contribution in [0, 0.1) is 0 Å². The lowest BCUT2D eigenvalue weighted by Crippen LogP contribution is -1.76. The van der Waals surface area contributed by atoms with Crippen molar-refractivity contribution in [2.75, 3.05) is 0 Å². The van der Waals surface area contributed by atoms with Crippen LogP contribution in [-0.2, 0) is 0 Å². The zero-order valence-corrected chi connectivity index (χ0v) is 8.28. The number of hydrogen-bond acceptors (Lipinski definition) is 0. The lowest BCUT2D eigenvalue weighted by Gasteiger charge is -1.97. The number of rotatable bonds is 4. The van der Waals surface area contributed by atoms with E-state index in [1.807, 2.05) is 0 Å². The standard InChI is InChI=1S/C11H20/c1-5-11(6-2)9-7-8-10(3)4/h8-9H,5-7H2,1-4H3. The van der Waals surface area contributed by atoms with Crippen molar-refractivity contribution < 1.29 is 0 Å². The summed E-state index contributed by atoms with van der Waals surface area (Å²) in [5.41, 5.74) is 2.98. The van der Waals surface area contributed by atoms with Gasteiger partial charge in [0.25, 0.3) is 0 Å². The Morgan fingerprint density at radius 2 is 1.55 bits per heavy atom. The number of allylic oxidation sites excluding steroid dienone is 4. The maximum atomic E-state index is 2.34. The summed E-state index contributed by atoms with van der Waals surface area (Å²) in [6.07, 6.45) is 8.12. The molecule has 11 heavy (non-hydrogen) atoms. The van der Waals surface area contributed by atoms with Gasteiger partial charge in [-0.25, -0.2) is 0 Å². The van der Waals surface area contributed by atoms with Crippen molar-refractivity contribution in [3.8, 4) is 0 Å². The molecule has 0 aromatic rings. The highest BCUT2D eigenvalue weighted by Gasteiger charge is 1.86. The summed E-state index contributed by atoms with van der Waals surface area (Å²) < 4.78 is 0. The minimum Gasteiger partial charge on any atom is -0.0821 e. The van der Waals surface area contributed by atoms with Gasteiger partial charge in [-0.15, -0.1) is 0 Å². The normalized spacial score (nSPS) is 9.09. The molecular weight excluding hydrogens is 132 g/mol. The van der Waals surface area contributed by atoms with Gasteiger partial charge in [-0.2, -0.15) is 0 Å². The third kappa shape index (κ3) is 5.90. The van der Waals surface area contributed by atoms with E-state index in [0.717, 1.165) is 6.42 Å². The molecule has 0 N–H and O–H groups in total. The molecule has 0 rings (SSSR count). The van der Waals surface area contributed by atoms with E-state index in [1.54, 1.807) is 5.57 Å². The van der Waals surface area contributed by atoms with Gasteiger partial charge in [-0.3, -0.25) is 0 Å². The average Bonchev–Trinajstić information content (AvgIpc) is 1.98. The van der Waals surface area contributed by atoms with Gasteiger partial charge in [0.15, 0.2) is 0 Å². The summed E-state index contributed by atoms with van der Waals surface area (Å²) in [5, 5.41) is 0. The molecule has 0 nitrogen and oxygen atoms in total. The van der Waals surface area contributed by atoms with Crippen molar-refractivity contribution in [2.24, 2.45) is 0 Å². The average molecular weight is 152 g/mol. The van der Waals surface area contributed by atoms with E-state index in [-0.39, 0.29) is 0 Å². The summed E-state index contributed by atoms with van der Waals surface area (Å²) >= 11 is 0. The molecule has 0 amide bonds. The fourth-order valence-corrected chi connectivity index (χ4v) is 1.000. The van der Waals surface area contributed by atoms with Crippen molar-refractivity contribution in [2.45, 2.75) is 47.0 Å². The molecule has 0 aromatic carbocycles. The van der Waals surface area contributed by atoms with Crippen molar-refractivity contribution in [1.29, 1.82) is 0 Å². The van der Waals surface area contributed by atoms with E-state index in [4.69, 9.17) is 0 Å². The van der Waals surface area contributed by atoms with Gasteiger partial charge >= 0.3 is 0 Å². The van der Waals surface area contributed by atoms with Gasteiger partial charge in [0.1, 0.15) is 0 Å². The first-order valence-electron chi connectivity index (χ1n) is 4.52. The van der Waals surface area contributed by atoms with Gasteiger partial charge in [0.2, 0.25) is 0 Å². The van der Waals surface area contributed by atoms with Crippen LogP contribution >= 0.6 is 0 Å². The first kappa shape index (κ1) is 10.5. The van der Waals surface area contributed by atoms with E-state index in [1.165, 1.54) is 18.4 Å². The highest BCUT2D eigenvalue weighted by Crippen LogP contribution is 2.07. The highest BCUT2D eigenvalue weighted by atomic mass is 13.9. The molecule has 0 radical (unpaired) electrons. The zero-order chi connectivity index (χ0) is 8.69. The molecule has 0 aliphatic rings. The topological polar surface area (TPSA) is 0 Å². The predicted molar refractivity (Wildman–Crippen MR) is 52.7 cm³/mol. The molecule has 0 heterocycles. The Hall–Kier alpha value is -0.520. The van der Waals surface area contributed by atoms with Crippen LogP contribution in [0.1, 0.15) is 47.0 Å². The maximum Gasteiger partial charge on any atom is -0.0164 e. The van der Waals surface area contributed by atoms with Crippen LogP contribution in [0.4, 0.5) is 0 Å². The van der Waals surface area contributed by atoms with Gasteiger partial charge < -0.3 is 0 Å². The molecular formula is C11H20. The summed E-state index contributed by atoms with van der Waals surface area (Å²) in [6, 6.07) is 0. The van der Waals surface area contributed by atoms with Gasteiger partial charge in [-0.1, -0.05) is 37.1 Å². The second kappa shape index (κ2) is 6.21. The first-order valence-corrected chi connectivity index (χ1v) is 4.52. The molecule has 0 bridgehead atoms. The molecule has 64 valence electrons. The molecule has 0 saturated carbocycles. The Kier molecular flexibility index (Phi) is 5.91. The molecule has 0 aliphatic heterocycles. The monoisotopic (exact) mass is 152 g/mol. The third-order valence-corrected chi connectivity index (χ3v) is 1.84. The molecule has 0 unspecified atom stereocenters. The summed E-state index contributed by atoms with van der Waals surface area (Å²) in [5.74, 6) is 0. The van der Waals surface area contributed by atoms with E-state index >= 15 is 0 Å². The Bertz CT molecular complexity index is 139. The number of hydrogen-bond donors (Lipinski definition) is 0. The molecule has 0 aliphatic carbocycles. The fraction of sp³-hybridized carbons (Fsp3) is 0.636. The highest BCUT2D eigenvalue weighted by molar-refractivity contribution is 5.06. The molecule has 0 saturated heterocycles. The van der Waals surface area contributed by atoms with Gasteiger partial charge in [0, 0.05) is 0 Å². The minimum atomic E-state index is 1.11. The van der Waals surface area contributed by atoms with Gasteiger partial charge in [0.05, 0.1) is 0 Å². The van der Waals surface area contributed by atoms with Crippen LogP contribution in [0.5, 0.6) is 0 Å². The van der Waals surface area contributed by atoms with Crippen molar-refractivity contribution >= 4 is 0 Å². The zero-order valence-electron chi connectivity index (χ0n) is 8.28. The van der Waals surface area contributed by atoms with E-state index in [2.05, 4.69) is 39.8 Å². The Morgan fingerprint density at radius 3 is 1.91 bits per heavy atom. The lowest BCUT2D eigenvalue weighted by atomic mass is 10.1. The Labute approximate surface area is 71.0 Å². The quantitative estimate of drug-likeness (QED) is 0.532.